The Labute approximate surface area is 136 Å². The Morgan fingerprint density at radius 3 is 2.43 bits per heavy atom. The Morgan fingerprint density at radius 2 is 1.83 bits per heavy atom. The second kappa shape index (κ2) is 5.55. The summed E-state index contributed by atoms with van der Waals surface area (Å²) in [5.41, 5.74) is 2.76. The maximum Gasteiger partial charge on any atom is 0.324 e. The molecule has 0 unspecified atom stereocenters. The molecule has 1 aromatic rings. The monoisotopic (exact) mass is 313 g/mol. The molecule has 0 aromatic heterocycles. The molecule has 2 N–H and O–H groups in total. The molecule has 3 aliphatic rings. The number of nitrogens with one attached hydrogen (secondary N) is 2. The summed E-state index contributed by atoms with van der Waals surface area (Å²) >= 11 is 0. The van der Waals surface area contributed by atoms with Crippen molar-refractivity contribution in [2.24, 2.45) is 5.41 Å². The maximum absolute atomic E-state index is 11.6. The van der Waals surface area contributed by atoms with E-state index in [0.29, 0.717) is 18.0 Å². The molecular weight excluding hydrogens is 290 g/mol. The highest BCUT2D eigenvalue weighted by Crippen LogP contribution is 2.53. The highest BCUT2D eigenvalue weighted by Gasteiger charge is 2.45. The lowest BCUT2D eigenvalue weighted by molar-refractivity contribution is -0.125. The van der Waals surface area contributed by atoms with Gasteiger partial charge in [0, 0.05) is 11.7 Å². The van der Waals surface area contributed by atoms with E-state index in [1.54, 1.807) is 0 Å². The van der Waals surface area contributed by atoms with E-state index in [4.69, 9.17) is 0 Å². The number of nitrogens with zero attached hydrogens (tertiary/aromatic N) is 1. The summed E-state index contributed by atoms with van der Waals surface area (Å²) in [6.45, 7) is 0.458. The van der Waals surface area contributed by atoms with Crippen molar-refractivity contribution in [2.45, 2.75) is 51.1 Å². The topological polar surface area (TPSA) is 61.4 Å². The highest BCUT2D eigenvalue weighted by atomic mass is 16.2. The molecule has 0 bridgehead atoms. The van der Waals surface area contributed by atoms with Crippen LogP contribution in [0.25, 0.3) is 0 Å². The lowest BCUT2D eigenvalue weighted by atomic mass is 9.64. The fourth-order valence-corrected chi connectivity index (χ4v) is 4.36. The summed E-state index contributed by atoms with van der Waals surface area (Å²) in [4.78, 5) is 24.4. The first-order valence-corrected chi connectivity index (χ1v) is 8.57. The molecule has 5 heteroatoms. The first-order chi connectivity index (χ1) is 11.1. The average molecular weight is 313 g/mol. The van der Waals surface area contributed by atoms with E-state index < -0.39 is 0 Å². The molecule has 4 rings (SSSR count). The molecule has 1 aromatic carbocycles. The predicted molar refractivity (Wildman–Crippen MR) is 87.9 cm³/mol. The predicted octanol–water partition coefficient (Wildman–Crippen LogP) is 2.87. The van der Waals surface area contributed by atoms with Gasteiger partial charge >= 0.3 is 6.03 Å². The zero-order valence-corrected chi connectivity index (χ0v) is 13.3. The Kier molecular flexibility index (Phi) is 3.51. The third-order valence-electron chi connectivity index (χ3n) is 5.63. The number of rotatable bonds is 4. The van der Waals surface area contributed by atoms with Crippen molar-refractivity contribution in [1.82, 2.24) is 10.2 Å². The summed E-state index contributed by atoms with van der Waals surface area (Å²) in [5, 5.41) is 6.15. The number of amides is 3. The van der Waals surface area contributed by atoms with Gasteiger partial charge in [-0.25, -0.2) is 4.79 Å². The minimum absolute atomic E-state index is 0.113. The van der Waals surface area contributed by atoms with Gasteiger partial charge in [0.05, 0.1) is 13.1 Å². The first kappa shape index (κ1) is 14.5. The Balaban J connectivity index is 1.32. The molecule has 1 heterocycles. The highest BCUT2D eigenvalue weighted by molar-refractivity contribution is 6.01. The lowest BCUT2D eigenvalue weighted by Gasteiger charge is -2.46. The third kappa shape index (κ3) is 2.80. The molecule has 0 atom stereocenters. The SMILES string of the molecule is O=C1CNC(=O)N1Cc1ccc(NC2CC3(CCCC3)C2)cc1. The number of hydrogen-bond acceptors (Lipinski definition) is 3. The molecule has 122 valence electrons. The van der Waals surface area contributed by atoms with Crippen molar-refractivity contribution in [1.29, 1.82) is 0 Å². The van der Waals surface area contributed by atoms with Crippen LogP contribution in [0.3, 0.4) is 0 Å². The van der Waals surface area contributed by atoms with E-state index in [-0.39, 0.29) is 18.5 Å². The number of carbonyl (C=O) groups excluding carboxylic acids is 2. The summed E-state index contributed by atoms with van der Waals surface area (Å²) in [6.07, 6.45) is 8.24. The van der Waals surface area contributed by atoms with Gasteiger partial charge in [-0.3, -0.25) is 9.69 Å². The molecule has 1 spiro atoms. The largest absolute Gasteiger partial charge is 0.382 e. The van der Waals surface area contributed by atoms with Gasteiger partial charge in [-0.1, -0.05) is 25.0 Å². The number of urea groups is 1. The van der Waals surface area contributed by atoms with Crippen molar-refractivity contribution in [3.63, 3.8) is 0 Å². The third-order valence-corrected chi connectivity index (χ3v) is 5.63. The van der Waals surface area contributed by atoms with Crippen LogP contribution in [0, 0.1) is 5.41 Å². The van der Waals surface area contributed by atoms with E-state index in [0.717, 1.165) is 11.3 Å². The van der Waals surface area contributed by atoms with E-state index in [9.17, 15) is 9.59 Å². The van der Waals surface area contributed by atoms with Crippen LogP contribution in [0.2, 0.25) is 0 Å². The standard InChI is InChI=1S/C18H23N3O2/c22-16-11-19-17(23)21(16)12-13-3-5-14(6-4-13)20-15-9-18(10-15)7-1-2-8-18/h3-6,15,20H,1-2,7-12H2,(H,19,23). The molecule has 2 saturated carbocycles. The van der Waals surface area contributed by atoms with Crippen molar-refractivity contribution >= 4 is 17.6 Å². The molecule has 3 amide bonds. The van der Waals surface area contributed by atoms with Crippen LogP contribution in [0.5, 0.6) is 0 Å². The van der Waals surface area contributed by atoms with Crippen molar-refractivity contribution in [2.75, 3.05) is 11.9 Å². The number of carbonyl (C=O) groups is 2. The maximum atomic E-state index is 11.6. The lowest BCUT2D eigenvalue weighted by Crippen LogP contribution is -2.43. The van der Waals surface area contributed by atoms with Crippen molar-refractivity contribution < 1.29 is 9.59 Å². The molecule has 1 saturated heterocycles. The Morgan fingerprint density at radius 1 is 1.13 bits per heavy atom. The van der Waals surface area contributed by atoms with Gasteiger partial charge < -0.3 is 10.6 Å². The van der Waals surface area contributed by atoms with Gasteiger partial charge in [-0.2, -0.15) is 0 Å². The van der Waals surface area contributed by atoms with Crippen molar-refractivity contribution in [3.8, 4) is 0 Å². The average Bonchev–Trinajstić information content (AvgIpc) is 3.11. The normalized spacial score (nSPS) is 23.2. The molecule has 1 aliphatic heterocycles. The molecule has 23 heavy (non-hydrogen) atoms. The van der Waals surface area contributed by atoms with E-state index in [1.165, 1.54) is 43.4 Å². The molecular formula is C18H23N3O2. The van der Waals surface area contributed by atoms with Crippen LogP contribution < -0.4 is 10.6 Å². The van der Waals surface area contributed by atoms with E-state index in [2.05, 4.69) is 10.6 Å². The van der Waals surface area contributed by atoms with Gasteiger partial charge in [-0.05, 0) is 48.8 Å². The molecule has 2 aliphatic carbocycles. The fourth-order valence-electron chi connectivity index (χ4n) is 4.36. The molecule has 3 fully saturated rings. The van der Waals surface area contributed by atoms with Crippen LogP contribution in [0.1, 0.15) is 44.1 Å². The minimum atomic E-state index is -0.298. The van der Waals surface area contributed by atoms with Gasteiger partial charge in [0.25, 0.3) is 0 Å². The van der Waals surface area contributed by atoms with Gasteiger partial charge in [0.1, 0.15) is 0 Å². The second-order valence-corrected chi connectivity index (χ2v) is 7.29. The van der Waals surface area contributed by atoms with Gasteiger partial charge in [0.15, 0.2) is 0 Å². The van der Waals surface area contributed by atoms with Crippen LogP contribution in [-0.2, 0) is 11.3 Å². The number of imide groups is 1. The van der Waals surface area contributed by atoms with Crippen molar-refractivity contribution in [3.05, 3.63) is 29.8 Å². The summed E-state index contributed by atoms with van der Waals surface area (Å²) in [7, 11) is 0. The van der Waals surface area contributed by atoms with E-state index >= 15 is 0 Å². The quantitative estimate of drug-likeness (QED) is 0.840. The minimum Gasteiger partial charge on any atom is -0.382 e. The van der Waals surface area contributed by atoms with Crippen LogP contribution in [-0.4, -0.2) is 29.4 Å². The Bertz CT molecular complexity index is 596. The van der Waals surface area contributed by atoms with Crippen LogP contribution in [0.15, 0.2) is 24.3 Å². The number of hydrogen-bond donors (Lipinski definition) is 2. The van der Waals surface area contributed by atoms with Gasteiger partial charge in [-0.15, -0.1) is 0 Å². The Hall–Kier alpha value is -2.04. The smallest absolute Gasteiger partial charge is 0.324 e. The fraction of sp³-hybridized carbons (Fsp3) is 0.556. The number of benzene rings is 1. The van der Waals surface area contributed by atoms with E-state index in [1.807, 2.05) is 24.3 Å². The molecule has 5 nitrogen and oxygen atoms in total. The van der Waals surface area contributed by atoms with Gasteiger partial charge in [0.2, 0.25) is 5.91 Å². The number of anilines is 1. The van der Waals surface area contributed by atoms with Crippen LogP contribution in [0.4, 0.5) is 10.5 Å². The zero-order chi connectivity index (χ0) is 15.9. The summed E-state index contributed by atoms with van der Waals surface area (Å²) in [6, 6.07) is 8.38. The van der Waals surface area contributed by atoms with Crippen LogP contribution >= 0.6 is 0 Å². The summed E-state index contributed by atoms with van der Waals surface area (Å²) in [5.74, 6) is -0.159. The summed E-state index contributed by atoms with van der Waals surface area (Å²) < 4.78 is 0. The molecule has 0 radical (unpaired) electrons. The first-order valence-electron chi connectivity index (χ1n) is 8.57. The zero-order valence-electron chi connectivity index (χ0n) is 13.3. The second-order valence-electron chi connectivity index (χ2n) is 7.29.